The maximum absolute atomic E-state index is 12.1. The van der Waals surface area contributed by atoms with Gasteiger partial charge in [0.2, 0.25) is 5.91 Å². The van der Waals surface area contributed by atoms with Crippen molar-refractivity contribution in [3.63, 3.8) is 0 Å². The molecule has 5 heteroatoms. The van der Waals surface area contributed by atoms with E-state index in [0.29, 0.717) is 25.3 Å². The number of rotatable bonds is 6. The van der Waals surface area contributed by atoms with Gasteiger partial charge in [0.15, 0.2) is 6.61 Å². The summed E-state index contributed by atoms with van der Waals surface area (Å²) in [6.07, 6.45) is 1.05. The van der Waals surface area contributed by atoms with Crippen LogP contribution in [0.25, 0.3) is 0 Å². The summed E-state index contributed by atoms with van der Waals surface area (Å²) in [5.74, 6) is 1.12. The lowest BCUT2D eigenvalue weighted by Gasteiger charge is -2.29. The first kappa shape index (κ1) is 17.3. The Balaban J connectivity index is 1.92. The molecule has 1 aromatic rings. The molecule has 1 N–H and O–H groups in total. The van der Waals surface area contributed by atoms with E-state index >= 15 is 0 Å². The third-order valence-corrected chi connectivity index (χ3v) is 4.23. The van der Waals surface area contributed by atoms with Gasteiger partial charge in [0.1, 0.15) is 5.75 Å². The molecule has 1 heterocycles. The lowest BCUT2D eigenvalue weighted by Crippen LogP contribution is -2.40. The van der Waals surface area contributed by atoms with Crippen LogP contribution in [-0.2, 0) is 9.59 Å². The standard InChI is InChI=1S/C18H26N2O3/c1-12(2)14(4)19-17(21)6-5-9-20-15-10-13(3)7-8-16(15)23-11-18(20)22/h7-8,10,12,14H,5-6,9,11H2,1-4H3,(H,19,21). The average molecular weight is 318 g/mol. The summed E-state index contributed by atoms with van der Waals surface area (Å²) in [5.41, 5.74) is 1.88. The summed E-state index contributed by atoms with van der Waals surface area (Å²) in [7, 11) is 0. The number of carbonyl (C=O) groups is 2. The van der Waals surface area contributed by atoms with Crippen molar-refractivity contribution in [1.29, 1.82) is 0 Å². The summed E-state index contributed by atoms with van der Waals surface area (Å²) < 4.78 is 5.46. The summed E-state index contributed by atoms with van der Waals surface area (Å²) in [6.45, 7) is 8.74. The average Bonchev–Trinajstić information content (AvgIpc) is 2.49. The maximum Gasteiger partial charge on any atom is 0.265 e. The molecule has 0 aromatic heterocycles. The van der Waals surface area contributed by atoms with Crippen LogP contribution in [0, 0.1) is 12.8 Å². The molecule has 0 bridgehead atoms. The van der Waals surface area contributed by atoms with Crippen LogP contribution in [0.15, 0.2) is 18.2 Å². The maximum atomic E-state index is 12.1. The molecule has 2 amide bonds. The van der Waals surface area contributed by atoms with Crippen molar-refractivity contribution in [2.45, 2.75) is 46.6 Å². The first-order chi connectivity index (χ1) is 10.9. The van der Waals surface area contributed by atoms with Gasteiger partial charge in [0.05, 0.1) is 5.69 Å². The fourth-order valence-corrected chi connectivity index (χ4v) is 2.45. The molecule has 1 aliphatic heterocycles. The van der Waals surface area contributed by atoms with Gasteiger partial charge in [-0.3, -0.25) is 9.59 Å². The molecule has 0 radical (unpaired) electrons. The lowest BCUT2D eigenvalue weighted by atomic mass is 10.1. The first-order valence-electron chi connectivity index (χ1n) is 8.21. The van der Waals surface area contributed by atoms with Crippen LogP contribution in [0.1, 0.15) is 39.2 Å². The summed E-state index contributed by atoms with van der Waals surface area (Å²) in [4.78, 5) is 25.8. The van der Waals surface area contributed by atoms with Gasteiger partial charge in [-0.1, -0.05) is 19.9 Å². The van der Waals surface area contributed by atoms with Crippen LogP contribution < -0.4 is 15.0 Å². The van der Waals surface area contributed by atoms with Gasteiger partial charge in [-0.25, -0.2) is 0 Å². The highest BCUT2D eigenvalue weighted by atomic mass is 16.5. The largest absolute Gasteiger partial charge is 0.482 e. The smallest absolute Gasteiger partial charge is 0.265 e. The van der Waals surface area contributed by atoms with Crippen LogP contribution in [0.4, 0.5) is 5.69 Å². The molecule has 23 heavy (non-hydrogen) atoms. The Bertz CT molecular complexity index is 584. The number of carbonyl (C=O) groups excluding carboxylic acids is 2. The molecule has 0 spiro atoms. The SMILES string of the molecule is Cc1ccc2c(c1)N(CCCC(=O)NC(C)C(C)C)C(=O)CO2. The fourth-order valence-electron chi connectivity index (χ4n) is 2.45. The van der Waals surface area contributed by atoms with E-state index in [1.165, 1.54) is 0 Å². The molecular formula is C18H26N2O3. The Kier molecular flexibility index (Phi) is 5.64. The number of nitrogens with one attached hydrogen (secondary N) is 1. The topological polar surface area (TPSA) is 58.6 Å². The number of benzene rings is 1. The van der Waals surface area contributed by atoms with Gasteiger partial charge in [0.25, 0.3) is 5.91 Å². The molecular weight excluding hydrogens is 292 g/mol. The summed E-state index contributed by atoms with van der Waals surface area (Å²) in [5, 5.41) is 2.99. The van der Waals surface area contributed by atoms with Crippen molar-refractivity contribution in [2.24, 2.45) is 5.92 Å². The normalized spacial score (nSPS) is 15.2. The number of fused-ring (bicyclic) bond motifs is 1. The number of nitrogens with zero attached hydrogens (tertiary/aromatic N) is 1. The number of hydrogen-bond acceptors (Lipinski definition) is 3. The van der Waals surface area contributed by atoms with Gasteiger partial charge in [0, 0.05) is 19.0 Å². The zero-order valence-corrected chi connectivity index (χ0v) is 14.4. The van der Waals surface area contributed by atoms with Crippen LogP contribution in [0.5, 0.6) is 5.75 Å². The highest BCUT2D eigenvalue weighted by Crippen LogP contribution is 2.32. The van der Waals surface area contributed by atoms with Crippen molar-refractivity contribution in [3.05, 3.63) is 23.8 Å². The van der Waals surface area contributed by atoms with E-state index < -0.39 is 0 Å². The van der Waals surface area contributed by atoms with Crippen molar-refractivity contribution < 1.29 is 14.3 Å². The van der Waals surface area contributed by atoms with Crippen molar-refractivity contribution in [3.8, 4) is 5.75 Å². The Morgan fingerprint density at radius 2 is 2.09 bits per heavy atom. The summed E-state index contributed by atoms with van der Waals surface area (Å²) >= 11 is 0. The second kappa shape index (κ2) is 7.49. The summed E-state index contributed by atoms with van der Waals surface area (Å²) in [6, 6.07) is 5.97. The van der Waals surface area contributed by atoms with Gasteiger partial charge >= 0.3 is 0 Å². The quantitative estimate of drug-likeness (QED) is 0.877. The first-order valence-corrected chi connectivity index (χ1v) is 8.21. The lowest BCUT2D eigenvalue weighted by molar-refractivity contribution is -0.123. The number of aryl methyl sites for hydroxylation is 1. The minimum atomic E-state index is -0.0564. The second-order valence-electron chi connectivity index (χ2n) is 6.51. The molecule has 0 saturated heterocycles. The monoisotopic (exact) mass is 318 g/mol. The molecule has 1 atom stereocenters. The second-order valence-corrected chi connectivity index (χ2v) is 6.51. The number of amides is 2. The minimum absolute atomic E-state index is 0.0383. The zero-order chi connectivity index (χ0) is 17.0. The van der Waals surface area contributed by atoms with Crippen LogP contribution in [0.3, 0.4) is 0 Å². The van der Waals surface area contributed by atoms with Gasteiger partial charge in [-0.15, -0.1) is 0 Å². The van der Waals surface area contributed by atoms with Crippen LogP contribution in [0.2, 0.25) is 0 Å². The number of anilines is 1. The molecule has 0 aliphatic carbocycles. The van der Waals surface area contributed by atoms with Gasteiger partial charge in [-0.2, -0.15) is 0 Å². The molecule has 5 nitrogen and oxygen atoms in total. The number of ether oxygens (including phenoxy) is 1. The molecule has 2 rings (SSSR count). The molecule has 1 aromatic carbocycles. The van der Waals surface area contributed by atoms with E-state index in [9.17, 15) is 9.59 Å². The molecule has 0 fully saturated rings. The molecule has 1 unspecified atom stereocenters. The highest BCUT2D eigenvalue weighted by molar-refractivity contribution is 5.97. The predicted molar refractivity (Wildman–Crippen MR) is 90.7 cm³/mol. The number of hydrogen-bond donors (Lipinski definition) is 1. The Morgan fingerprint density at radius 1 is 1.35 bits per heavy atom. The fraction of sp³-hybridized carbons (Fsp3) is 0.556. The van der Waals surface area contributed by atoms with E-state index in [2.05, 4.69) is 19.2 Å². The van der Waals surface area contributed by atoms with E-state index in [1.807, 2.05) is 32.0 Å². The van der Waals surface area contributed by atoms with Crippen molar-refractivity contribution in [2.75, 3.05) is 18.1 Å². The van der Waals surface area contributed by atoms with Crippen LogP contribution in [-0.4, -0.2) is 31.0 Å². The van der Waals surface area contributed by atoms with E-state index in [4.69, 9.17) is 4.74 Å². The molecule has 0 saturated carbocycles. The van der Waals surface area contributed by atoms with Gasteiger partial charge in [-0.05, 0) is 43.9 Å². The Labute approximate surface area is 138 Å². The van der Waals surface area contributed by atoms with Gasteiger partial charge < -0.3 is 15.0 Å². The van der Waals surface area contributed by atoms with Crippen molar-refractivity contribution >= 4 is 17.5 Å². The highest BCUT2D eigenvalue weighted by Gasteiger charge is 2.25. The Morgan fingerprint density at radius 3 is 2.78 bits per heavy atom. The predicted octanol–water partition coefficient (Wildman–Crippen LogP) is 2.66. The molecule has 1 aliphatic rings. The van der Waals surface area contributed by atoms with E-state index in [-0.39, 0.29) is 24.5 Å². The third kappa shape index (κ3) is 4.47. The Hall–Kier alpha value is -2.04. The van der Waals surface area contributed by atoms with Crippen LogP contribution >= 0.6 is 0 Å². The zero-order valence-electron chi connectivity index (χ0n) is 14.4. The third-order valence-electron chi connectivity index (χ3n) is 4.23. The molecule has 126 valence electrons. The van der Waals surface area contributed by atoms with Crippen molar-refractivity contribution in [1.82, 2.24) is 5.32 Å². The van der Waals surface area contributed by atoms with E-state index in [1.54, 1.807) is 4.90 Å². The minimum Gasteiger partial charge on any atom is -0.482 e. The van der Waals surface area contributed by atoms with E-state index in [0.717, 1.165) is 17.0 Å².